The summed E-state index contributed by atoms with van der Waals surface area (Å²) in [5, 5.41) is 0. The highest BCUT2D eigenvalue weighted by atomic mass is 32.2. The molecule has 2 unspecified atom stereocenters. The van der Waals surface area contributed by atoms with Crippen LogP contribution in [0.25, 0.3) is 11.3 Å². The maximum atomic E-state index is 13.8. The van der Waals surface area contributed by atoms with Crippen LogP contribution in [0.5, 0.6) is 0 Å². The highest BCUT2D eigenvalue weighted by molar-refractivity contribution is 7.85. The Morgan fingerprint density at radius 1 is 1.33 bits per heavy atom. The Morgan fingerprint density at radius 2 is 2.12 bits per heavy atom. The third-order valence-corrected chi connectivity index (χ3v) is 5.72. The average molecular weight is 349 g/mol. The summed E-state index contributed by atoms with van der Waals surface area (Å²) >= 11 is 0. The molecule has 1 fully saturated rings. The number of carbonyl (C=O) groups is 1. The maximum Gasteiger partial charge on any atom is 0.223 e. The van der Waals surface area contributed by atoms with Crippen LogP contribution in [-0.2, 0) is 22.0 Å². The second kappa shape index (κ2) is 7.30. The fraction of sp³-hybridized carbons (Fsp3) is 0.389. The van der Waals surface area contributed by atoms with Gasteiger partial charge >= 0.3 is 0 Å². The van der Waals surface area contributed by atoms with Crippen LogP contribution in [0.3, 0.4) is 0 Å². The Bertz CT molecular complexity index is 758. The van der Waals surface area contributed by atoms with Gasteiger partial charge < -0.3 is 9.32 Å². The van der Waals surface area contributed by atoms with Gasteiger partial charge in [0.05, 0.1) is 5.56 Å². The van der Waals surface area contributed by atoms with E-state index < -0.39 is 10.8 Å². The molecule has 0 radical (unpaired) electrons. The molecule has 0 aliphatic carbocycles. The van der Waals surface area contributed by atoms with Gasteiger partial charge in [-0.3, -0.25) is 9.00 Å². The van der Waals surface area contributed by atoms with Gasteiger partial charge in [0.2, 0.25) is 5.91 Å². The Hall–Kier alpha value is -1.95. The minimum absolute atomic E-state index is 0.0117. The van der Waals surface area contributed by atoms with Gasteiger partial charge in [0, 0.05) is 47.7 Å². The van der Waals surface area contributed by atoms with Gasteiger partial charge in [-0.2, -0.15) is 0 Å². The quantitative estimate of drug-likeness (QED) is 0.853. The molecule has 128 valence electrons. The lowest BCUT2D eigenvalue weighted by molar-refractivity contribution is -0.132. The molecule has 24 heavy (non-hydrogen) atoms. The molecule has 0 N–H and O–H groups in total. The fourth-order valence-corrected chi connectivity index (χ4v) is 4.21. The number of amides is 1. The van der Waals surface area contributed by atoms with Crippen LogP contribution in [0.4, 0.5) is 4.39 Å². The molecule has 0 saturated carbocycles. The number of hydrogen-bond donors (Lipinski definition) is 0. The molecule has 4 nitrogen and oxygen atoms in total. The largest absolute Gasteiger partial charge is 0.461 e. The van der Waals surface area contributed by atoms with Crippen molar-refractivity contribution in [2.24, 2.45) is 0 Å². The predicted molar refractivity (Wildman–Crippen MR) is 91.5 cm³/mol. The van der Waals surface area contributed by atoms with Crippen LogP contribution in [0.1, 0.15) is 19.1 Å². The van der Waals surface area contributed by atoms with Crippen LogP contribution in [-0.4, -0.2) is 39.1 Å². The molecule has 1 aliphatic rings. The van der Waals surface area contributed by atoms with E-state index in [2.05, 4.69) is 0 Å². The molecular weight excluding hydrogens is 329 g/mol. The SMILES string of the molecule is CC1CS(=O)CCN1C(=O)CCc1ccc(-c2ccccc2F)o1. The van der Waals surface area contributed by atoms with Crippen LogP contribution in [0.2, 0.25) is 0 Å². The van der Waals surface area contributed by atoms with E-state index in [-0.39, 0.29) is 17.8 Å². The van der Waals surface area contributed by atoms with Crippen molar-refractivity contribution in [2.75, 3.05) is 18.1 Å². The van der Waals surface area contributed by atoms with Gasteiger partial charge in [-0.05, 0) is 31.2 Å². The molecule has 1 amide bonds. The first-order chi connectivity index (χ1) is 11.5. The van der Waals surface area contributed by atoms with Gasteiger partial charge in [-0.15, -0.1) is 0 Å². The molecule has 2 heterocycles. The molecule has 1 saturated heterocycles. The third-order valence-electron chi connectivity index (χ3n) is 4.23. The van der Waals surface area contributed by atoms with Gasteiger partial charge in [0.1, 0.15) is 17.3 Å². The summed E-state index contributed by atoms with van der Waals surface area (Å²) in [6.45, 7) is 2.48. The number of halogens is 1. The standard InChI is InChI=1S/C18H20FNO3S/c1-13-12-24(22)11-10-20(13)18(21)9-7-14-6-8-17(23-14)15-4-2-3-5-16(15)19/h2-6,8,13H,7,9-12H2,1H3. The molecule has 6 heteroatoms. The zero-order valence-electron chi connectivity index (χ0n) is 13.5. The second-order valence-electron chi connectivity index (χ2n) is 5.99. The van der Waals surface area contributed by atoms with E-state index in [1.165, 1.54) is 6.07 Å². The molecule has 2 aromatic rings. The van der Waals surface area contributed by atoms with E-state index in [0.29, 0.717) is 48.0 Å². The molecule has 3 rings (SSSR count). The average Bonchev–Trinajstić information content (AvgIpc) is 3.02. The van der Waals surface area contributed by atoms with E-state index >= 15 is 0 Å². The summed E-state index contributed by atoms with van der Waals surface area (Å²) in [4.78, 5) is 14.1. The highest BCUT2D eigenvalue weighted by Gasteiger charge is 2.26. The van der Waals surface area contributed by atoms with Crippen LogP contribution in [0.15, 0.2) is 40.8 Å². The van der Waals surface area contributed by atoms with Gasteiger partial charge in [-0.25, -0.2) is 4.39 Å². The number of furan rings is 1. The maximum absolute atomic E-state index is 13.8. The lowest BCUT2D eigenvalue weighted by Crippen LogP contribution is -2.48. The predicted octanol–water partition coefficient (Wildman–Crippen LogP) is 3.00. The van der Waals surface area contributed by atoms with Gasteiger partial charge in [-0.1, -0.05) is 12.1 Å². The Labute approximate surface area is 143 Å². The van der Waals surface area contributed by atoms with Gasteiger partial charge in [0.25, 0.3) is 0 Å². The van der Waals surface area contributed by atoms with Crippen molar-refractivity contribution in [1.29, 1.82) is 0 Å². The van der Waals surface area contributed by atoms with E-state index in [1.807, 2.05) is 6.92 Å². The lowest BCUT2D eigenvalue weighted by Gasteiger charge is -2.32. The number of benzene rings is 1. The van der Waals surface area contributed by atoms with Crippen molar-refractivity contribution in [3.8, 4) is 11.3 Å². The summed E-state index contributed by atoms with van der Waals surface area (Å²) < 4.78 is 31.0. The van der Waals surface area contributed by atoms with Crippen molar-refractivity contribution in [2.45, 2.75) is 25.8 Å². The number of rotatable bonds is 4. The van der Waals surface area contributed by atoms with Gasteiger partial charge in [0.15, 0.2) is 0 Å². The minimum Gasteiger partial charge on any atom is -0.461 e. The van der Waals surface area contributed by atoms with E-state index in [1.54, 1.807) is 35.2 Å². The smallest absolute Gasteiger partial charge is 0.223 e. The number of nitrogens with zero attached hydrogens (tertiary/aromatic N) is 1. The summed E-state index contributed by atoms with van der Waals surface area (Å²) in [5.41, 5.74) is 0.419. The second-order valence-corrected chi connectivity index (χ2v) is 7.61. The van der Waals surface area contributed by atoms with Crippen LogP contribution < -0.4 is 0 Å². The summed E-state index contributed by atoms with van der Waals surface area (Å²) in [6, 6.07) is 9.97. The van der Waals surface area contributed by atoms with Crippen molar-refractivity contribution in [3.63, 3.8) is 0 Å². The number of aryl methyl sites for hydroxylation is 1. The van der Waals surface area contributed by atoms with E-state index in [0.717, 1.165) is 0 Å². The first kappa shape index (κ1) is 16.9. The zero-order chi connectivity index (χ0) is 17.1. The molecule has 0 bridgehead atoms. The summed E-state index contributed by atoms with van der Waals surface area (Å²) in [7, 11) is -0.816. The van der Waals surface area contributed by atoms with Crippen LogP contribution >= 0.6 is 0 Å². The van der Waals surface area contributed by atoms with Crippen molar-refractivity contribution in [3.05, 3.63) is 48.0 Å². The molecule has 1 aromatic heterocycles. The molecule has 1 aromatic carbocycles. The third kappa shape index (κ3) is 3.75. The van der Waals surface area contributed by atoms with E-state index in [4.69, 9.17) is 4.42 Å². The highest BCUT2D eigenvalue weighted by Crippen LogP contribution is 2.25. The molecule has 0 spiro atoms. The first-order valence-corrected chi connectivity index (χ1v) is 9.51. The first-order valence-electron chi connectivity index (χ1n) is 8.02. The molecule has 2 atom stereocenters. The molecule has 1 aliphatic heterocycles. The fourth-order valence-electron chi connectivity index (χ4n) is 2.93. The Morgan fingerprint density at radius 3 is 2.88 bits per heavy atom. The topological polar surface area (TPSA) is 50.5 Å². The molecular formula is C18H20FNO3S. The lowest BCUT2D eigenvalue weighted by atomic mass is 10.1. The summed E-state index contributed by atoms with van der Waals surface area (Å²) in [6.07, 6.45) is 0.806. The summed E-state index contributed by atoms with van der Waals surface area (Å²) in [5.74, 6) is 1.94. The minimum atomic E-state index is -0.816. The number of carbonyl (C=O) groups excluding carboxylic acids is 1. The normalized spacial score (nSPS) is 21.0. The van der Waals surface area contributed by atoms with Crippen molar-refractivity contribution in [1.82, 2.24) is 4.90 Å². The number of hydrogen-bond acceptors (Lipinski definition) is 3. The van der Waals surface area contributed by atoms with Crippen molar-refractivity contribution >= 4 is 16.7 Å². The van der Waals surface area contributed by atoms with E-state index in [9.17, 15) is 13.4 Å². The Balaban J connectivity index is 1.60. The Kier molecular flexibility index (Phi) is 5.14. The zero-order valence-corrected chi connectivity index (χ0v) is 14.4. The van der Waals surface area contributed by atoms with Crippen LogP contribution in [0, 0.1) is 5.82 Å². The van der Waals surface area contributed by atoms with Crippen molar-refractivity contribution < 1.29 is 17.8 Å². The monoisotopic (exact) mass is 349 g/mol.